The van der Waals surface area contributed by atoms with Crippen molar-refractivity contribution >= 4 is 11.7 Å². The molecule has 0 amide bonds. The fraction of sp³-hybridized carbons (Fsp3) is 0. The third-order valence-electron chi connectivity index (χ3n) is 0.811. The topological polar surface area (TPSA) is 46.2 Å². The van der Waals surface area contributed by atoms with Crippen LogP contribution in [0.2, 0.25) is 0 Å². The van der Waals surface area contributed by atoms with Gasteiger partial charge in [-0.15, -0.1) is 0 Å². The van der Waals surface area contributed by atoms with E-state index < -0.39 is 0 Å². The summed E-state index contributed by atoms with van der Waals surface area (Å²) in [5, 5.41) is 2.42. The van der Waals surface area contributed by atoms with Crippen molar-refractivity contribution in [2.45, 2.75) is 0 Å². The first kappa shape index (κ1) is 4.81. The molecule has 0 saturated heterocycles. The highest BCUT2D eigenvalue weighted by molar-refractivity contribution is 6.10. The van der Waals surface area contributed by atoms with Gasteiger partial charge in [-0.2, -0.15) is 0 Å². The molecule has 0 bridgehead atoms. The summed E-state index contributed by atoms with van der Waals surface area (Å²) < 4.78 is 0. The minimum Gasteiger partial charge on any atom is -0.349 e. The van der Waals surface area contributed by atoms with Crippen molar-refractivity contribution in [1.82, 2.24) is 5.32 Å². The van der Waals surface area contributed by atoms with Crippen molar-refractivity contribution in [2.24, 2.45) is 0 Å². The van der Waals surface area contributed by atoms with Crippen LogP contribution < -0.4 is 5.32 Å². The molecule has 0 aromatic rings. The van der Waals surface area contributed by atoms with Gasteiger partial charge in [0.25, 0.3) is 0 Å². The Bertz CT molecular complexity index is 198. The van der Waals surface area contributed by atoms with E-state index in [-0.39, 0.29) is 11.5 Å². The predicted molar refractivity (Wildman–Crippen MR) is 26.5 cm³/mol. The van der Waals surface area contributed by atoms with Gasteiger partial charge in [0.05, 0.1) is 0 Å². The molecule has 8 heavy (non-hydrogen) atoms. The Morgan fingerprint density at radius 1 is 1.62 bits per heavy atom. The van der Waals surface area contributed by atoms with Gasteiger partial charge >= 0.3 is 0 Å². The summed E-state index contributed by atoms with van der Waals surface area (Å²) in [5.74, 6) is 1.15. The number of carbonyl (C=O) groups is 1. The second-order valence-corrected chi connectivity index (χ2v) is 1.32. The number of carbonyl (C=O) groups excluding carboxylic acids is 2. The SMILES string of the molecule is O=C=C1NC=CC1=O. The summed E-state index contributed by atoms with van der Waals surface area (Å²) >= 11 is 0. The smallest absolute Gasteiger partial charge is 0.214 e. The minimum absolute atomic E-state index is 0.00926. The molecule has 0 aliphatic carbocycles. The van der Waals surface area contributed by atoms with Crippen molar-refractivity contribution in [3.63, 3.8) is 0 Å². The number of hydrogen-bond acceptors (Lipinski definition) is 3. The number of hydrogen-bond donors (Lipinski definition) is 1. The molecule has 0 saturated carbocycles. The molecule has 0 spiro atoms. The van der Waals surface area contributed by atoms with Gasteiger partial charge in [-0.25, -0.2) is 4.79 Å². The Hall–Kier alpha value is -1.34. The Morgan fingerprint density at radius 2 is 2.38 bits per heavy atom. The van der Waals surface area contributed by atoms with Crippen LogP contribution in [0.4, 0.5) is 0 Å². The van der Waals surface area contributed by atoms with Gasteiger partial charge in [0.2, 0.25) is 5.78 Å². The maximum absolute atomic E-state index is 10.4. The minimum atomic E-state index is -0.306. The van der Waals surface area contributed by atoms with Crippen LogP contribution in [0.1, 0.15) is 0 Å². The molecular formula is C5H3NO2. The van der Waals surface area contributed by atoms with E-state index >= 15 is 0 Å². The molecule has 0 aromatic heterocycles. The van der Waals surface area contributed by atoms with Gasteiger partial charge in [-0.05, 0) is 0 Å². The summed E-state index contributed by atoms with van der Waals surface area (Å²) in [6.07, 6.45) is 2.68. The first-order valence-corrected chi connectivity index (χ1v) is 2.07. The Kier molecular flexibility index (Phi) is 0.985. The first-order chi connectivity index (χ1) is 3.84. The summed E-state index contributed by atoms with van der Waals surface area (Å²) in [4.78, 5) is 20.1. The van der Waals surface area contributed by atoms with E-state index in [4.69, 9.17) is 0 Å². The number of allylic oxidation sites excluding steroid dienone is 1. The number of ketones is 1. The fourth-order valence-corrected chi connectivity index (χ4v) is 0.435. The molecule has 1 N–H and O–H groups in total. The van der Waals surface area contributed by atoms with E-state index in [2.05, 4.69) is 5.32 Å². The van der Waals surface area contributed by atoms with Crippen molar-refractivity contribution in [3.05, 3.63) is 18.0 Å². The van der Waals surface area contributed by atoms with E-state index in [1.807, 2.05) is 0 Å². The number of rotatable bonds is 0. The average Bonchev–Trinajstić information content (AvgIpc) is 2.14. The summed E-state index contributed by atoms with van der Waals surface area (Å²) in [7, 11) is 0. The molecule has 0 fully saturated rings. The van der Waals surface area contributed by atoms with Crippen LogP contribution in [0.3, 0.4) is 0 Å². The summed E-state index contributed by atoms with van der Waals surface area (Å²) in [6.45, 7) is 0. The van der Waals surface area contributed by atoms with Crippen molar-refractivity contribution in [3.8, 4) is 0 Å². The molecule has 1 heterocycles. The number of nitrogens with one attached hydrogen (secondary N) is 1. The molecule has 1 aliphatic heterocycles. The molecule has 0 aromatic carbocycles. The normalized spacial score (nSPS) is 16.0. The average molecular weight is 109 g/mol. The van der Waals surface area contributed by atoms with E-state index in [0.29, 0.717) is 0 Å². The third kappa shape index (κ3) is 0.549. The lowest BCUT2D eigenvalue weighted by Gasteiger charge is -1.82. The zero-order valence-corrected chi connectivity index (χ0v) is 3.97. The molecule has 0 radical (unpaired) electrons. The Morgan fingerprint density at radius 3 is 2.62 bits per heavy atom. The van der Waals surface area contributed by atoms with Crippen molar-refractivity contribution in [2.75, 3.05) is 0 Å². The van der Waals surface area contributed by atoms with E-state index in [1.54, 1.807) is 0 Å². The van der Waals surface area contributed by atoms with E-state index in [1.165, 1.54) is 18.2 Å². The molecule has 0 atom stereocenters. The molecule has 3 nitrogen and oxygen atoms in total. The zero-order chi connectivity index (χ0) is 5.98. The van der Waals surface area contributed by atoms with Gasteiger partial charge in [-0.1, -0.05) is 0 Å². The lowest BCUT2D eigenvalue weighted by Crippen LogP contribution is -2.05. The maximum atomic E-state index is 10.4. The second kappa shape index (κ2) is 1.64. The molecule has 3 heteroatoms. The van der Waals surface area contributed by atoms with Crippen molar-refractivity contribution < 1.29 is 9.59 Å². The lowest BCUT2D eigenvalue weighted by molar-refractivity contribution is -0.111. The highest BCUT2D eigenvalue weighted by Crippen LogP contribution is 1.94. The second-order valence-electron chi connectivity index (χ2n) is 1.32. The van der Waals surface area contributed by atoms with Gasteiger partial charge < -0.3 is 5.32 Å². The predicted octanol–water partition coefficient (Wildman–Crippen LogP) is -0.612. The first-order valence-electron chi connectivity index (χ1n) is 2.07. The summed E-state index contributed by atoms with van der Waals surface area (Å²) in [6, 6.07) is 0. The standard InChI is InChI=1S/C5H3NO2/c7-3-4-5(8)1-2-6-4/h1-2,6H. The highest BCUT2D eigenvalue weighted by atomic mass is 16.1. The van der Waals surface area contributed by atoms with Crippen LogP contribution in [-0.2, 0) is 9.59 Å². The van der Waals surface area contributed by atoms with Crippen molar-refractivity contribution in [1.29, 1.82) is 0 Å². The monoisotopic (exact) mass is 109 g/mol. The molecule has 1 aliphatic rings. The lowest BCUT2D eigenvalue weighted by atomic mass is 10.4. The Balaban J connectivity index is 2.95. The van der Waals surface area contributed by atoms with Crippen LogP contribution in [0.15, 0.2) is 18.0 Å². The van der Waals surface area contributed by atoms with Gasteiger partial charge in [0, 0.05) is 12.3 Å². The molecular weight excluding hydrogens is 106 g/mol. The molecule has 40 valence electrons. The van der Waals surface area contributed by atoms with Gasteiger partial charge in [0.15, 0.2) is 11.6 Å². The van der Waals surface area contributed by atoms with Crippen LogP contribution in [0.5, 0.6) is 0 Å². The fourth-order valence-electron chi connectivity index (χ4n) is 0.435. The van der Waals surface area contributed by atoms with Crippen LogP contribution >= 0.6 is 0 Å². The molecule has 0 unspecified atom stereocenters. The van der Waals surface area contributed by atoms with E-state index in [0.717, 1.165) is 0 Å². The quantitative estimate of drug-likeness (QED) is 0.333. The van der Waals surface area contributed by atoms with Crippen LogP contribution in [0, 0.1) is 0 Å². The third-order valence-corrected chi connectivity index (χ3v) is 0.811. The maximum Gasteiger partial charge on any atom is 0.214 e. The van der Waals surface area contributed by atoms with Crippen LogP contribution in [-0.4, -0.2) is 11.7 Å². The highest BCUT2D eigenvalue weighted by Gasteiger charge is 2.09. The van der Waals surface area contributed by atoms with E-state index in [9.17, 15) is 9.59 Å². The Labute approximate surface area is 45.7 Å². The van der Waals surface area contributed by atoms with Gasteiger partial charge in [0.1, 0.15) is 0 Å². The zero-order valence-electron chi connectivity index (χ0n) is 3.97. The largest absolute Gasteiger partial charge is 0.349 e. The van der Waals surface area contributed by atoms with Gasteiger partial charge in [-0.3, -0.25) is 4.79 Å². The summed E-state index contributed by atoms with van der Waals surface area (Å²) in [5.41, 5.74) is -0.00926. The van der Waals surface area contributed by atoms with Crippen LogP contribution in [0.25, 0.3) is 0 Å². The molecule has 1 rings (SSSR count).